The Bertz CT molecular complexity index is 729. The van der Waals surface area contributed by atoms with Crippen molar-refractivity contribution in [2.45, 2.75) is 26.3 Å². The maximum Gasteiger partial charge on any atom is 0.134 e. The summed E-state index contributed by atoms with van der Waals surface area (Å²) in [6.45, 7) is 5.24. The first-order valence-corrected chi connectivity index (χ1v) is 7.64. The van der Waals surface area contributed by atoms with Gasteiger partial charge in [-0.1, -0.05) is 50.2 Å². The van der Waals surface area contributed by atoms with Crippen LogP contribution < -0.4 is 5.32 Å². The molecule has 0 amide bonds. The van der Waals surface area contributed by atoms with Crippen molar-refractivity contribution in [3.63, 3.8) is 0 Å². The van der Waals surface area contributed by atoms with Crippen LogP contribution in [-0.2, 0) is 0 Å². The van der Waals surface area contributed by atoms with Gasteiger partial charge in [0.1, 0.15) is 11.5 Å². The van der Waals surface area contributed by atoms with E-state index in [2.05, 4.69) is 73.8 Å². The smallest absolute Gasteiger partial charge is 0.134 e. The Balaban J connectivity index is 1.93. The largest absolute Gasteiger partial charge is 0.459 e. The molecule has 2 nitrogen and oxygen atoms in total. The second-order valence-electron chi connectivity index (χ2n) is 5.28. The zero-order valence-corrected chi connectivity index (χ0v) is 12.6. The molecule has 0 bridgehead atoms. The first kappa shape index (κ1) is 13.9. The molecule has 21 heavy (non-hydrogen) atoms. The van der Waals surface area contributed by atoms with Gasteiger partial charge in [-0.15, -0.1) is 0 Å². The Hall–Kier alpha value is -2.06. The van der Waals surface area contributed by atoms with Crippen molar-refractivity contribution in [3.8, 4) is 11.3 Å². The van der Waals surface area contributed by atoms with E-state index in [-0.39, 0.29) is 0 Å². The van der Waals surface area contributed by atoms with Gasteiger partial charge in [-0.05, 0) is 41.9 Å². The molecule has 1 aromatic heterocycles. The Labute approximate surface area is 125 Å². The molecule has 3 aromatic rings. The van der Waals surface area contributed by atoms with Crippen LogP contribution in [0.25, 0.3) is 22.1 Å². The minimum atomic E-state index is 0.296. The molecule has 0 aliphatic carbocycles. The van der Waals surface area contributed by atoms with Crippen LogP contribution in [0.3, 0.4) is 0 Å². The van der Waals surface area contributed by atoms with Crippen molar-refractivity contribution in [1.82, 2.24) is 5.32 Å². The Morgan fingerprint density at radius 3 is 2.52 bits per heavy atom. The zero-order valence-electron chi connectivity index (χ0n) is 12.6. The molecule has 2 heteroatoms. The normalized spacial score (nSPS) is 12.7. The van der Waals surface area contributed by atoms with Gasteiger partial charge in [-0.2, -0.15) is 0 Å². The van der Waals surface area contributed by atoms with E-state index in [1.54, 1.807) is 0 Å². The highest BCUT2D eigenvalue weighted by Gasteiger charge is 2.13. The molecule has 0 aliphatic heterocycles. The average Bonchev–Trinajstić information content (AvgIpc) is 3.02. The van der Waals surface area contributed by atoms with Crippen molar-refractivity contribution >= 4 is 10.8 Å². The third kappa shape index (κ3) is 2.86. The number of benzene rings is 2. The van der Waals surface area contributed by atoms with Crippen LogP contribution >= 0.6 is 0 Å². The zero-order chi connectivity index (χ0) is 14.7. The van der Waals surface area contributed by atoms with Crippen LogP contribution in [0, 0.1) is 0 Å². The summed E-state index contributed by atoms with van der Waals surface area (Å²) in [5.74, 6) is 1.95. The predicted molar refractivity (Wildman–Crippen MR) is 88.4 cm³/mol. The molecule has 1 atom stereocenters. The number of fused-ring (bicyclic) bond motifs is 1. The summed E-state index contributed by atoms with van der Waals surface area (Å²) in [7, 11) is 0. The molecule has 0 saturated carbocycles. The molecule has 0 spiro atoms. The first-order valence-electron chi connectivity index (χ1n) is 7.64. The van der Waals surface area contributed by atoms with Gasteiger partial charge in [-0.3, -0.25) is 0 Å². The maximum atomic E-state index is 6.06. The third-order valence-corrected chi connectivity index (χ3v) is 3.86. The highest BCUT2D eigenvalue weighted by Crippen LogP contribution is 2.29. The van der Waals surface area contributed by atoms with E-state index in [9.17, 15) is 0 Å². The molecule has 3 rings (SSSR count). The summed E-state index contributed by atoms with van der Waals surface area (Å²) in [5, 5.41) is 5.95. The monoisotopic (exact) mass is 279 g/mol. The standard InChI is InChI=1S/C19H21NO/c1-3-17(20-4-2)19-12-11-18(21-19)16-10-9-14-7-5-6-8-15(14)13-16/h5-13,17,20H,3-4H2,1-2H3. The van der Waals surface area contributed by atoms with Crippen LogP contribution in [0.2, 0.25) is 0 Å². The summed E-state index contributed by atoms with van der Waals surface area (Å²) >= 11 is 0. The lowest BCUT2D eigenvalue weighted by atomic mass is 10.1. The van der Waals surface area contributed by atoms with Gasteiger partial charge in [0.2, 0.25) is 0 Å². The summed E-state index contributed by atoms with van der Waals surface area (Å²) in [6.07, 6.45) is 1.03. The lowest BCUT2D eigenvalue weighted by molar-refractivity contribution is 0.417. The molecule has 1 N–H and O–H groups in total. The number of hydrogen-bond acceptors (Lipinski definition) is 2. The fourth-order valence-electron chi connectivity index (χ4n) is 2.73. The highest BCUT2D eigenvalue weighted by atomic mass is 16.3. The van der Waals surface area contributed by atoms with Gasteiger partial charge < -0.3 is 9.73 Å². The van der Waals surface area contributed by atoms with E-state index in [1.807, 2.05) is 0 Å². The molecular weight excluding hydrogens is 258 g/mol. The maximum absolute atomic E-state index is 6.06. The second-order valence-corrected chi connectivity index (χ2v) is 5.28. The molecule has 108 valence electrons. The minimum absolute atomic E-state index is 0.296. The topological polar surface area (TPSA) is 25.2 Å². The van der Waals surface area contributed by atoms with E-state index in [0.717, 1.165) is 30.0 Å². The molecule has 0 fully saturated rings. The minimum Gasteiger partial charge on any atom is -0.459 e. The van der Waals surface area contributed by atoms with Crippen molar-refractivity contribution in [2.75, 3.05) is 6.54 Å². The van der Waals surface area contributed by atoms with Crippen molar-refractivity contribution in [3.05, 3.63) is 60.4 Å². The molecule has 0 saturated heterocycles. The average molecular weight is 279 g/mol. The molecule has 0 aliphatic rings. The SMILES string of the molecule is CCNC(CC)c1ccc(-c2ccc3ccccc3c2)o1. The van der Waals surface area contributed by atoms with E-state index in [0.29, 0.717) is 6.04 Å². The second kappa shape index (κ2) is 6.15. The molecule has 2 aromatic carbocycles. The van der Waals surface area contributed by atoms with Crippen molar-refractivity contribution < 1.29 is 4.42 Å². The van der Waals surface area contributed by atoms with Crippen LogP contribution in [0.5, 0.6) is 0 Å². The van der Waals surface area contributed by atoms with Crippen LogP contribution in [0.4, 0.5) is 0 Å². The number of furan rings is 1. The Morgan fingerprint density at radius 2 is 1.76 bits per heavy atom. The van der Waals surface area contributed by atoms with Gasteiger partial charge in [0.25, 0.3) is 0 Å². The van der Waals surface area contributed by atoms with Gasteiger partial charge in [0, 0.05) is 5.56 Å². The summed E-state index contributed by atoms with van der Waals surface area (Å²) in [5.41, 5.74) is 1.13. The number of hydrogen-bond donors (Lipinski definition) is 1. The van der Waals surface area contributed by atoms with E-state index in [1.165, 1.54) is 10.8 Å². The van der Waals surface area contributed by atoms with Gasteiger partial charge in [0.05, 0.1) is 6.04 Å². The third-order valence-electron chi connectivity index (χ3n) is 3.86. The van der Waals surface area contributed by atoms with E-state index in [4.69, 9.17) is 4.42 Å². The van der Waals surface area contributed by atoms with Gasteiger partial charge >= 0.3 is 0 Å². The van der Waals surface area contributed by atoms with E-state index >= 15 is 0 Å². The quantitative estimate of drug-likeness (QED) is 0.697. The Kier molecular flexibility index (Phi) is 4.07. The first-order chi connectivity index (χ1) is 10.3. The molecule has 1 heterocycles. The fourth-order valence-corrected chi connectivity index (χ4v) is 2.73. The molecular formula is C19H21NO. The summed E-state index contributed by atoms with van der Waals surface area (Å²) < 4.78 is 6.06. The fraction of sp³-hybridized carbons (Fsp3) is 0.263. The predicted octanol–water partition coefficient (Wildman–Crippen LogP) is 5.16. The highest BCUT2D eigenvalue weighted by molar-refractivity contribution is 5.86. The van der Waals surface area contributed by atoms with Gasteiger partial charge in [-0.25, -0.2) is 0 Å². The molecule has 1 unspecified atom stereocenters. The van der Waals surface area contributed by atoms with Crippen molar-refractivity contribution in [2.24, 2.45) is 0 Å². The number of rotatable bonds is 5. The summed E-state index contributed by atoms with van der Waals surface area (Å²) in [4.78, 5) is 0. The van der Waals surface area contributed by atoms with E-state index < -0.39 is 0 Å². The lowest BCUT2D eigenvalue weighted by Crippen LogP contribution is -2.19. The van der Waals surface area contributed by atoms with Crippen LogP contribution in [0.15, 0.2) is 59.0 Å². The number of nitrogens with one attached hydrogen (secondary N) is 1. The summed E-state index contributed by atoms with van der Waals surface area (Å²) in [6, 6.07) is 19.3. The van der Waals surface area contributed by atoms with Crippen LogP contribution in [0.1, 0.15) is 32.1 Å². The molecule has 0 radical (unpaired) electrons. The lowest BCUT2D eigenvalue weighted by Gasteiger charge is -2.12. The van der Waals surface area contributed by atoms with Gasteiger partial charge in [0.15, 0.2) is 0 Å². The Morgan fingerprint density at radius 1 is 0.952 bits per heavy atom. The van der Waals surface area contributed by atoms with Crippen LogP contribution in [-0.4, -0.2) is 6.54 Å². The van der Waals surface area contributed by atoms with Crippen molar-refractivity contribution in [1.29, 1.82) is 0 Å².